The molecule has 0 aliphatic heterocycles. The Labute approximate surface area is 280 Å². The number of nitrogens with zero attached hydrogens (tertiary/aromatic N) is 2. The van der Waals surface area contributed by atoms with E-state index in [1.807, 2.05) is 44.2 Å². The molecule has 0 aliphatic rings. The van der Waals surface area contributed by atoms with E-state index in [2.05, 4.69) is 5.32 Å². The van der Waals surface area contributed by atoms with Crippen molar-refractivity contribution < 1.29 is 22.7 Å². The van der Waals surface area contributed by atoms with E-state index in [0.29, 0.717) is 33.7 Å². The third-order valence-electron chi connectivity index (χ3n) is 7.14. The molecule has 4 aromatic carbocycles. The summed E-state index contributed by atoms with van der Waals surface area (Å²) in [5.74, 6) is 0.384. The van der Waals surface area contributed by atoms with Gasteiger partial charge in [0.05, 0.1) is 10.6 Å². The van der Waals surface area contributed by atoms with Crippen LogP contribution in [-0.4, -0.2) is 44.3 Å². The van der Waals surface area contributed by atoms with Gasteiger partial charge in [0.15, 0.2) is 0 Å². The fourth-order valence-electron chi connectivity index (χ4n) is 4.73. The highest BCUT2D eigenvalue weighted by Crippen LogP contribution is 2.29. The van der Waals surface area contributed by atoms with E-state index < -0.39 is 28.5 Å². The lowest BCUT2D eigenvalue weighted by Gasteiger charge is -2.33. The lowest BCUT2D eigenvalue weighted by molar-refractivity contribution is -0.140. The van der Waals surface area contributed by atoms with Crippen molar-refractivity contribution in [1.82, 2.24) is 10.2 Å². The maximum absolute atomic E-state index is 14.3. The van der Waals surface area contributed by atoms with Crippen LogP contribution >= 0.6 is 23.2 Å². The zero-order valence-corrected chi connectivity index (χ0v) is 28.2. The standard InChI is InChI=1S/C35H37Cl2N3O5S/c1-4-33(35(42)38-22-25(2)3)39(23-26-15-16-27(36)21-32(26)37)34(41)24-40(46(43,44)31-13-9-6-10-14-31)28-17-19-30(20-18-28)45-29-11-7-5-8-12-29/h5-21,25,33H,4,22-24H2,1-3H3,(H,38,42)/t33-/m1/s1. The molecule has 1 atom stereocenters. The summed E-state index contributed by atoms with van der Waals surface area (Å²) >= 11 is 12.6. The summed E-state index contributed by atoms with van der Waals surface area (Å²) in [7, 11) is -4.21. The minimum Gasteiger partial charge on any atom is -0.457 e. The first kappa shape index (κ1) is 34.8. The van der Waals surface area contributed by atoms with Crippen molar-refractivity contribution in [2.24, 2.45) is 5.92 Å². The van der Waals surface area contributed by atoms with Gasteiger partial charge in [-0.2, -0.15) is 0 Å². The van der Waals surface area contributed by atoms with Gasteiger partial charge in [-0.3, -0.25) is 13.9 Å². The van der Waals surface area contributed by atoms with Crippen molar-refractivity contribution in [3.05, 3.63) is 119 Å². The fourth-order valence-corrected chi connectivity index (χ4v) is 6.63. The predicted octanol–water partition coefficient (Wildman–Crippen LogP) is 7.56. The molecule has 0 saturated heterocycles. The first-order valence-electron chi connectivity index (χ1n) is 14.9. The number of para-hydroxylation sites is 1. The van der Waals surface area contributed by atoms with E-state index in [4.69, 9.17) is 27.9 Å². The SMILES string of the molecule is CC[C@H](C(=O)NCC(C)C)N(Cc1ccc(Cl)cc1Cl)C(=O)CN(c1ccc(Oc2ccccc2)cc1)S(=O)(=O)c1ccccc1. The van der Waals surface area contributed by atoms with Gasteiger partial charge in [0.2, 0.25) is 11.8 Å². The molecule has 2 amide bonds. The zero-order valence-electron chi connectivity index (χ0n) is 25.9. The maximum atomic E-state index is 14.3. The van der Waals surface area contributed by atoms with Crippen molar-refractivity contribution >= 4 is 50.7 Å². The van der Waals surface area contributed by atoms with E-state index in [1.54, 1.807) is 67.6 Å². The van der Waals surface area contributed by atoms with Crippen LogP contribution in [0.4, 0.5) is 5.69 Å². The van der Waals surface area contributed by atoms with E-state index in [1.165, 1.54) is 17.0 Å². The number of hydrogen-bond donors (Lipinski definition) is 1. The van der Waals surface area contributed by atoms with Gasteiger partial charge >= 0.3 is 0 Å². The van der Waals surface area contributed by atoms with Gasteiger partial charge in [0.1, 0.15) is 24.1 Å². The molecule has 0 saturated carbocycles. The van der Waals surface area contributed by atoms with Crippen LogP contribution in [0.15, 0.2) is 108 Å². The Morgan fingerprint density at radius 1 is 0.848 bits per heavy atom. The van der Waals surface area contributed by atoms with E-state index in [9.17, 15) is 18.0 Å². The quantitative estimate of drug-likeness (QED) is 0.148. The second kappa shape index (κ2) is 16.0. The first-order valence-corrected chi connectivity index (χ1v) is 17.1. The highest BCUT2D eigenvalue weighted by Gasteiger charge is 2.34. The summed E-state index contributed by atoms with van der Waals surface area (Å²) in [6, 6.07) is 27.5. The second-order valence-electron chi connectivity index (χ2n) is 11.1. The summed E-state index contributed by atoms with van der Waals surface area (Å²) in [6.45, 7) is 5.55. The highest BCUT2D eigenvalue weighted by molar-refractivity contribution is 7.92. The van der Waals surface area contributed by atoms with Crippen LogP contribution in [0.1, 0.15) is 32.8 Å². The third-order valence-corrected chi connectivity index (χ3v) is 9.51. The normalized spacial score (nSPS) is 12.0. The molecule has 4 aromatic rings. The van der Waals surface area contributed by atoms with Crippen LogP contribution in [0.2, 0.25) is 10.0 Å². The van der Waals surface area contributed by atoms with Crippen LogP contribution < -0.4 is 14.4 Å². The van der Waals surface area contributed by atoms with Gasteiger partial charge in [-0.15, -0.1) is 0 Å². The number of amides is 2. The number of rotatable bonds is 14. The molecule has 0 heterocycles. The van der Waals surface area contributed by atoms with E-state index in [0.717, 1.165) is 4.31 Å². The summed E-state index contributed by atoms with van der Waals surface area (Å²) in [6.07, 6.45) is 0.290. The molecule has 0 aliphatic carbocycles. The highest BCUT2D eigenvalue weighted by atomic mass is 35.5. The van der Waals surface area contributed by atoms with E-state index in [-0.39, 0.29) is 35.4 Å². The molecule has 0 fully saturated rings. The molecule has 8 nitrogen and oxygen atoms in total. The van der Waals surface area contributed by atoms with Crippen LogP contribution in [0.5, 0.6) is 11.5 Å². The Hall–Kier alpha value is -4.05. The van der Waals surface area contributed by atoms with Crippen molar-refractivity contribution in [3.63, 3.8) is 0 Å². The number of sulfonamides is 1. The number of benzene rings is 4. The molecule has 11 heteroatoms. The number of carbonyl (C=O) groups is 2. The molecule has 0 bridgehead atoms. The van der Waals surface area contributed by atoms with Gasteiger partial charge in [-0.1, -0.05) is 86.4 Å². The summed E-state index contributed by atoms with van der Waals surface area (Å²) in [5.41, 5.74) is 0.814. The molecule has 46 heavy (non-hydrogen) atoms. The minimum absolute atomic E-state index is 0.0152. The first-order chi connectivity index (χ1) is 22.0. The van der Waals surface area contributed by atoms with Crippen LogP contribution in [-0.2, 0) is 26.2 Å². The number of anilines is 1. The van der Waals surface area contributed by atoms with Gasteiger partial charge in [0, 0.05) is 23.1 Å². The Bertz CT molecular complexity index is 1720. The molecular formula is C35H37Cl2N3O5S. The predicted molar refractivity (Wildman–Crippen MR) is 183 cm³/mol. The average Bonchev–Trinajstić information content (AvgIpc) is 3.04. The summed E-state index contributed by atoms with van der Waals surface area (Å²) in [4.78, 5) is 29.1. The molecule has 4 rings (SSSR count). The van der Waals surface area contributed by atoms with Gasteiger partial charge in [-0.25, -0.2) is 8.42 Å². The zero-order chi connectivity index (χ0) is 33.3. The summed E-state index contributed by atoms with van der Waals surface area (Å²) in [5, 5.41) is 3.66. The Balaban J connectivity index is 1.72. The van der Waals surface area contributed by atoms with Crippen LogP contribution in [0.3, 0.4) is 0 Å². The Morgan fingerprint density at radius 3 is 2.04 bits per heavy atom. The van der Waals surface area contributed by atoms with Gasteiger partial charge in [-0.05, 0) is 78.6 Å². The molecule has 0 radical (unpaired) electrons. The lowest BCUT2D eigenvalue weighted by Crippen LogP contribution is -2.52. The number of carbonyl (C=O) groups excluding carboxylic acids is 2. The van der Waals surface area contributed by atoms with Crippen molar-refractivity contribution in [1.29, 1.82) is 0 Å². The van der Waals surface area contributed by atoms with Gasteiger partial charge in [0.25, 0.3) is 10.0 Å². The molecule has 1 N–H and O–H groups in total. The monoisotopic (exact) mass is 681 g/mol. The largest absolute Gasteiger partial charge is 0.457 e. The molecule has 0 unspecified atom stereocenters. The second-order valence-corrected chi connectivity index (χ2v) is 13.8. The molecular weight excluding hydrogens is 645 g/mol. The Kier molecular flexibility index (Phi) is 12.1. The summed E-state index contributed by atoms with van der Waals surface area (Å²) < 4.78 is 35.1. The number of nitrogens with one attached hydrogen (secondary N) is 1. The topological polar surface area (TPSA) is 96.0 Å². The van der Waals surface area contributed by atoms with E-state index >= 15 is 0 Å². The molecule has 0 spiro atoms. The van der Waals surface area contributed by atoms with Crippen molar-refractivity contribution in [3.8, 4) is 11.5 Å². The number of ether oxygens (including phenoxy) is 1. The van der Waals surface area contributed by atoms with Crippen LogP contribution in [0.25, 0.3) is 0 Å². The number of halogens is 2. The van der Waals surface area contributed by atoms with Gasteiger partial charge < -0.3 is 15.0 Å². The Morgan fingerprint density at radius 2 is 1.46 bits per heavy atom. The minimum atomic E-state index is -4.21. The third kappa shape index (κ3) is 9.02. The van der Waals surface area contributed by atoms with Crippen molar-refractivity contribution in [2.45, 2.75) is 44.7 Å². The lowest BCUT2D eigenvalue weighted by atomic mass is 10.1. The number of hydrogen-bond acceptors (Lipinski definition) is 5. The maximum Gasteiger partial charge on any atom is 0.264 e. The fraction of sp³-hybridized carbons (Fsp3) is 0.257. The molecule has 242 valence electrons. The van der Waals surface area contributed by atoms with Crippen LogP contribution in [0, 0.1) is 5.92 Å². The smallest absolute Gasteiger partial charge is 0.264 e. The molecule has 0 aromatic heterocycles. The van der Waals surface area contributed by atoms with Crippen molar-refractivity contribution in [2.75, 3.05) is 17.4 Å². The average molecular weight is 683 g/mol.